The predicted octanol–water partition coefficient (Wildman–Crippen LogP) is 2.88. The minimum atomic E-state index is -0.288. The third-order valence-electron chi connectivity index (χ3n) is 2.73. The summed E-state index contributed by atoms with van der Waals surface area (Å²) in [5.41, 5.74) is 2.46. The van der Waals surface area contributed by atoms with Gasteiger partial charge in [0.2, 0.25) is 0 Å². The van der Waals surface area contributed by atoms with Crippen molar-refractivity contribution >= 4 is 24.2 Å². The van der Waals surface area contributed by atoms with Crippen LogP contribution in [-0.2, 0) is 6.42 Å². The molecule has 2 nitrogen and oxygen atoms in total. The first-order valence-corrected chi connectivity index (χ1v) is 6.56. The molecule has 0 aliphatic carbocycles. The molecule has 1 aliphatic rings. The Kier molecular flexibility index (Phi) is 5.89. The van der Waals surface area contributed by atoms with Gasteiger partial charge in [-0.2, -0.15) is 0 Å². The van der Waals surface area contributed by atoms with Gasteiger partial charge >= 0.3 is 0 Å². The molecule has 1 aliphatic heterocycles. The van der Waals surface area contributed by atoms with Crippen molar-refractivity contribution in [1.82, 2.24) is 4.90 Å². The quantitative estimate of drug-likeness (QED) is 0.911. The number of β-amino-alcohol motifs (C(OH)–C–C–N with tert-alkyl or cyclic N) is 1. The molecule has 0 fully saturated rings. The minimum absolute atomic E-state index is 0. The number of allylic oxidation sites excluding steroid dienone is 1. The van der Waals surface area contributed by atoms with Gasteiger partial charge in [-0.15, -0.1) is 24.2 Å². The van der Waals surface area contributed by atoms with Crippen LogP contribution in [-0.4, -0.2) is 28.5 Å². The summed E-state index contributed by atoms with van der Waals surface area (Å²) in [6, 6.07) is 10.1. The van der Waals surface area contributed by atoms with Crippen LogP contribution in [0.4, 0.5) is 0 Å². The van der Waals surface area contributed by atoms with Crippen LogP contribution < -0.4 is 0 Å². The molecular formula is C13H18ClNOS. The second kappa shape index (κ2) is 6.94. The van der Waals surface area contributed by atoms with Crippen LogP contribution in [0.3, 0.4) is 0 Å². The monoisotopic (exact) mass is 271 g/mol. The molecule has 0 radical (unpaired) electrons. The minimum Gasteiger partial charge on any atom is -0.391 e. The summed E-state index contributed by atoms with van der Waals surface area (Å²) >= 11 is 1.79. The highest BCUT2D eigenvalue weighted by Gasteiger charge is 2.15. The van der Waals surface area contributed by atoms with E-state index in [2.05, 4.69) is 29.4 Å². The number of nitrogens with zero attached hydrogens (tertiary/aromatic N) is 1. The van der Waals surface area contributed by atoms with E-state index >= 15 is 0 Å². The van der Waals surface area contributed by atoms with Gasteiger partial charge in [0.25, 0.3) is 0 Å². The highest BCUT2D eigenvalue weighted by Crippen LogP contribution is 2.22. The van der Waals surface area contributed by atoms with Gasteiger partial charge in [0.1, 0.15) is 0 Å². The SMILES string of the molecule is CC1=CSCN1CC(O)Cc1ccccc1.Cl. The second-order valence-electron chi connectivity index (χ2n) is 4.12. The number of aliphatic hydroxyl groups excluding tert-OH is 1. The van der Waals surface area contributed by atoms with Crippen LogP contribution in [0.15, 0.2) is 41.4 Å². The Morgan fingerprint density at radius 1 is 1.35 bits per heavy atom. The van der Waals surface area contributed by atoms with Gasteiger partial charge < -0.3 is 10.0 Å². The van der Waals surface area contributed by atoms with Crippen LogP contribution in [0.25, 0.3) is 0 Å². The van der Waals surface area contributed by atoms with Crippen LogP contribution in [0, 0.1) is 0 Å². The lowest BCUT2D eigenvalue weighted by atomic mass is 10.1. The van der Waals surface area contributed by atoms with Crippen LogP contribution in [0.1, 0.15) is 12.5 Å². The molecule has 1 unspecified atom stereocenters. The fourth-order valence-corrected chi connectivity index (χ4v) is 2.78. The molecule has 1 aromatic carbocycles. The van der Waals surface area contributed by atoms with Gasteiger partial charge in [-0.25, -0.2) is 0 Å². The highest BCUT2D eigenvalue weighted by molar-refractivity contribution is 8.02. The van der Waals surface area contributed by atoms with E-state index in [1.54, 1.807) is 11.8 Å². The van der Waals surface area contributed by atoms with Crippen LogP contribution in [0.2, 0.25) is 0 Å². The number of thioether (sulfide) groups is 1. The molecule has 17 heavy (non-hydrogen) atoms. The molecule has 1 heterocycles. The van der Waals surface area contributed by atoms with Crippen molar-refractivity contribution in [3.8, 4) is 0 Å². The maximum atomic E-state index is 10.0. The fourth-order valence-electron chi connectivity index (χ4n) is 1.83. The van der Waals surface area contributed by atoms with Gasteiger partial charge in [0, 0.05) is 18.7 Å². The molecule has 94 valence electrons. The Balaban J connectivity index is 0.00000144. The molecule has 4 heteroatoms. The average Bonchev–Trinajstić information content (AvgIpc) is 2.66. The maximum absolute atomic E-state index is 10.0. The molecular weight excluding hydrogens is 254 g/mol. The molecule has 0 aromatic heterocycles. The number of benzene rings is 1. The molecule has 0 saturated heterocycles. The van der Waals surface area contributed by atoms with E-state index in [4.69, 9.17) is 0 Å². The van der Waals surface area contributed by atoms with Gasteiger partial charge in [0.15, 0.2) is 0 Å². The number of hydrogen-bond acceptors (Lipinski definition) is 3. The molecule has 1 atom stereocenters. The zero-order valence-corrected chi connectivity index (χ0v) is 11.5. The van der Waals surface area contributed by atoms with E-state index < -0.39 is 0 Å². The maximum Gasteiger partial charge on any atom is 0.0755 e. The Morgan fingerprint density at radius 2 is 2.06 bits per heavy atom. The van der Waals surface area contributed by atoms with E-state index in [1.807, 2.05) is 18.2 Å². The van der Waals surface area contributed by atoms with Crippen LogP contribution >= 0.6 is 24.2 Å². The molecule has 0 spiro atoms. The van der Waals surface area contributed by atoms with Crippen molar-refractivity contribution in [1.29, 1.82) is 0 Å². The largest absolute Gasteiger partial charge is 0.391 e. The van der Waals surface area contributed by atoms with Crippen molar-refractivity contribution in [3.05, 3.63) is 47.0 Å². The van der Waals surface area contributed by atoms with Crippen molar-refractivity contribution in [2.75, 3.05) is 12.4 Å². The van der Waals surface area contributed by atoms with E-state index in [-0.39, 0.29) is 18.5 Å². The van der Waals surface area contributed by atoms with E-state index in [0.717, 1.165) is 18.8 Å². The molecule has 0 bridgehead atoms. The van der Waals surface area contributed by atoms with Crippen molar-refractivity contribution in [3.63, 3.8) is 0 Å². The lowest BCUT2D eigenvalue weighted by Gasteiger charge is -2.22. The van der Waals surface area contributed by atoms with Gasteiger partial charge in [-0.3, -0.25) is 0 Å². The lowest BCUT2D eigenvalue weighted by Crippen LogP contribution is -2.30. The normalized spacial score (nSPS) is 16.4. The molecule has 0 amide bonds. The average molecular weight is 272 g/mol. The lowest BCUT2D eigenvalue weighted by molar-refractivity contribution is 0.138. The topological polar surface area (TPSA) is 23.5 Å². The van der Waals surface area contributed by atoms with E-state index in [9.17, 15) is 5.11 Å². The van der Waals surface area contributed by atoms with Crippen LogP contribution in [0.5, 0.6) is 0 Å². The number of halogens is 1. The smallest absolute Gasteiger partial charge is 0.0755 e. The first-order chi connectivity index (χ1) is 7.75. The van der Waals surface area contributed by atoms with Gasteiger partial charge in [-0.05, 0) is 17.9 Å². The second-order valence-corrected chi connectivity index (χ2v) is 4.95. The third-order valence-corrected chi connectivity index (χ3v) is 3.70. The Morgan fingerprint density at radius 3 is 2.65 bits per heavy atom. The summed E-state index contributed by atoms with van der Waals surface area (Å²) in [7, 11) is 0. The first kappa shape index (κ1) is 14.4. The third kappa shape index (κ3) is 4.26. The summed E-state index contributed by atoms with van der Waals surface area (Å²) in [6.45, 7) is 2.82. The molecule has 2 rings (SSSR count). The van der Waals surface area contributed by atoms with Gasteiger partial charge in [-0.1, -0.05) is 30.3 Å². The number of rotatable bonds is 4. The molecule has 0 saturated carbocycles. The zero-order valence-electron chi connectivity index (χ0n) is 9.87. The number of aliphatic hydroxyl groups is 1. The summed E-state index contributed by atoms with van der Waals surface area (Å²) in [5.74, 6) is 0.970. The number of hydrogen-bond donors (Lipinski definition) is 1. The molecule has 1 N–H and O–H groups in total. The Labute approximate surface area is 113 Å². The standard InChI is InChI=1S/C13H17NOS.ClH/c1-11-9-16-10-14(11)8-13(15)7-12-5-3-2-4-6-12;/h2-6,9,13,15H,7-8,10H2,1H3;1H. The summed E-state index contributed by atoms with van der Waals surface area (Å²) in [6.07, 6.45) is 0.444. The van der Waals surface area contributed by atoms with Crippen molar-refractivity contribution < 1.29 is 5.11 Å². The van der Waals surface area contributed by atoms with Gasteiger partial charge in [0.05, 0.1) is 12.0 Å². The zero-order chi connectivity index (χ0) is 11.4. The summed E-state index contributed by atoms with van der Waals surface area (Å²) in [4.78, 5) is 2.22. The first-order valence-electron chi connectivity index (χ1n) is 5.51. The highest BCUT2D eigenvalue weighted by atomic mass is 35.5. The van der Waals surface area contributed by atoms with Crippen molar-refractivity contribution in [2.24, 2.45) is 0 Å². The fraction of sp³-hybridized carbons (Fsp3) is 0.385. The Hall–Kier alpha value is -0.640. The van der Waals surface area contributed by atoms with E-state index in [0.29, 0.717) is 0 Å². The Bertz CT molecular complexity index is 369. The molecule has 1 aromatic rings. The predicted molar refractivity (Wildman–Crippen MR) is 76.3 cm³/mol. The van der Waals surface area contributed by atoms with E-state index in [1.165, 1.54) is 11.3 Å². The summed E-state index contributed by atoms with van der Waals surface area (Å²) in [5, 5.41) is 12.2. The van der Waals surface area contributed by atoms with Crippen molar-refractivity contribution in [2.45, 2.75) is 19.4 Å². The summed E-state index contributed by atoms with van der Waals surface area (Å²) < 4.78 is 0.